The molecule has 0 aliphatic rings. The number of nitrogens with two attached hydrogens (primary N) is 1. The maximum Gasteiger partial charge on any atom is 0.312 e. The molecule has 5 N–H and O–H groups in total. The van der Waals surface area contributed by atoms with Crippen molar-refractivity contribution < 1.29 is 9.53 Å². The number of aromatic nitrogens is 2. The Morgan fingerprint density at radius 2 is 2.00 bits per heavy atom. The fraction of sp³-hybridized carbons (Fsp3) is 0.500. The summed E-state index contributed by atoms with van der Waals surface area (Å²) in [5.74, 6) is 1.73. The van der Waals surface area contributed by atoms with Crippen LogP contribution in [-0.2, 0) is 0 Å². The van der Waals surface area contributed by atoms with Crippen LogP contribution in [0.3, 0.4) is 0 Å². The topological polar surface area (TPSA) is 114 Å². The van der Waals surface area contributed by atoms with Crippen molar-refractivity contribution in [1.29, 1.82) is 0 Å². The number of carbonyl (C=O) groups excluding carboxylic acids is 1. The smallest absolute Gasteiger partial charge is 0.312 e. The molecule has 0 saturated carbocycles. The largest absolute Gasteiger partial charge is 0.490 e. The number of carbonyl (C=O) groups is 1. The van der Waals surface area contributed by atoms with E-state index in [1.807, 2.05) is 6.92 Å². The minimum atomic E-state index is -0.556. The first-order chi connectivity index (χ1) is 8.69. The molecule has 0 aromatic carbocycles. The van der Waals surface area contributed by atoms with E-state index in [4.69, 9.17) is 10.5 Å². The van der Waals surface area contributed by atoms with Gasteiger partial charge in [-0.05, 0) is 6.92 Å². The lowest BCUT2D eigenvalue weighted by Gasteiger charge is -2.13. The van der Waals surface area contributed by atoms with Crippen molar-refractivity contribution in [3.63, 3.8) is 0 Å². The molecule has 0 radical (unpaired) electrons. The minimum Gasteiger partial charge on any atom is -0.490 e. The fourth-order valence-electron chi connectivity index (χ4n) is 1.35. The number of anilines is 2. The van der Waals surface area contributed by atoms with Crippen LogP contribution >= 0.6 is 0 Å². The van der Waals surface area contributed by atoms with Crippen LogP contribution in [0.2, 0.25) is 0 Å². The number of hydrogen-bond acceptors (Lipinski definition) is 6. The molecular formula is C10H18N6O2. The molecule has 0 aliphatic heterocycles. The van der Waals surface area contributed by atoms with Crippen molar-refractivity contribution in [3.05, 3.63) is 6.33 Å². The zero-order chi connectivity index (χ0) is 13.4. The zero-order valence-corrected chi connectivity index (χ0v) is 10.5. The standard InChI is InChI=1S/C10H18N6O2/c1-3-12-8-7(18-2)9(16-6-15-8)13-4-5-14-10(11)17/h6H,3-5H2,1-2H3,(H3,11,14,17)(H2,12,13,15,16). The van der Waals surface area contributed by atoms with Gasteiger partial charge in [-0.1, -0.05) is 0 Å². The molecule has 100 valence electrons. The number of amides is 2. The Morgan fingerprint density at radius 3 is 2.56 bits per heavy atom. The molecule has 1 rings (SSSR count). The molecule has 1 aromatic heterocycles. The Bertz CT molecular complexity index is 398. The van der Waals surface area contributed by atoms with E-state index < -0.39 is 6.03 Å². The molecule has 18 heavy (non-hydrogen) atoms. The molecule has 0 fully saturated rings. The van der Waals surface area contributed by atoms with E-state index >= 15 is 0 Å². The summed E-state index contributed by atoms with van der Waals surface area (Å²) in [7, 11) is 1.55. The Hall–Kier alpha value is -2.25. The van der Waals surface area contributed by atoms with Crippen molar-refractivity contribution in [2.24, 2.45) is 5.73 Å². The SMILES string of the molecule is CCNc1ncnc(NCCNC(N)=O)c1OC. The molecule has 0 atom stereocenters. The highest BCUT2D eigenvalue weighted by Crippen LogP contribution is 2.28. The van der Waals surface area contributed by atoms with Crippen molar-refractivity contribution in [1.82, 2.24) is 15.3 Å². The first kappa shape index (κ1) is 13.8. The van der Waals surface area contributed by atoms with Gasteiger partial charge in [0.25, 0.3) is 0 Å². The summed E-state index contributed by atoms with van der Waals surface area (Å²) < 4.78 is 5.25. The predicted octanol–water partition coefficient (Wildman–Crippen LogP) is -0.00280. The van der Waals surface area contributed by atoms with E-state index in [0.717, 1.165) is 6.54 Å². The van der Waals surface area contributed by atoms with E-state index in [1.54, 1.807) is 7.11 Å². The van der Waals surface area contributed by atoms with E-state index in [2.05, 4.69) is 25.9 Å². The average Bonchev–Trinajstić information content (AvgIpc) is 2.35. The maximum absolute atomic E-state index is 10.5. The van der Waals surface area contributed by atoms with Crippen molar-refractivity contribution in [3.8, 4) is 5.75 Å². The number of methoxy groups -OCH3 is 1. The molecule has 0 unspecified atom stereocenters. The zero-order valence-electron chi connectivity index (χ0n) is 10.5. The summed E-state index contributed by atoms with van der Waals surface area (Å²) in [6, 6.07) is -0.556. The highest BCUT2D eigenvalue weighted by atomic mass is 16.5. The molecule has 0 spiro atoms. The first-order valence-corrected chi connectivity index (χ1v) is 5.59. The summed E-state index contributed by atoms with van der Waals surface area (Å²) in [5.41, 5.74) is 4.95. The van der Waals surface area contributed by atoms with Crippen LogP contribution in [0, 0.1) is 0 Å². The molecular weight excluding hydrogens is 236 g/mol. The van der Waals surface area contributed by atoms with Gasteiger partial charge in [-0.25, -0.2) is 14.8 Å². The Balaban J connectivity index is 2.63. The Kier molecular flexibility index (Phi) is 5.49. The molecule has 0 bridgehead atoms. The Morgan fingerprint density at radius 1 is 1.33 bits per heavy atom. The van der Waals surface area contributed by atoms with E-state index in [-0.39, 0.29) is 0 Å². The number of nitrogens with zero attached hydrogens (tertiary/aromatic N) is 2. The summed E-state index contributed by atoms with van der Waals surface area (Å²) in [6.45, 7) is 3.59. The van der Waals surface area contributed by atoms with Gasteiger partial charge in [0.2, 0.25) is 5.75 Å². The molecule has 8 heteroatoms. The van der Waals surface area contributed by atoms with Gasteiger partial charge in [0.05, 0.1) is 7.11 Å². The van der Waals surface area contributed by atoms with Crippen LogP contribution in [0.1, 0.15) is 6.92 Å². The molecule has 8 nitrogen and oxygen atoms in total. The summed E-state index contributed by atoms with van der Waals surface area (Å²) in [4.78, 5) is 18.7. The lowest BCUT2D eigenvalue weighted by Crippen LogP contribution is -2.33. The summed E-state index contributed by atoms with van der Waals surface area (Å²) >= 11 is 0. The van der Waals surface area contributed by atoms with Gasteiger partial charge in [-0.2, -0.15) is 0 Å². The average molecular weight is 254 g/mol. The molecule has 0 saturated heterocycles. The second kappa shape index (κ2) is 7.15. The maximum atomic E-state index is 10.5. The third kappa shape index (κ3) is 3.96. The van der Waals surface area contributed by atoms with E-state index in [1.165, 1.54) is 6.33 Å². The molecule has 1 heterocycles. The van der Waals surface area contributed by atoms with Crippen LogP contribution < -0.4 is 26.4 Å². The summed E-state index contributed by atoms with van der Waals surface area (Å²) in [6.07, 6.45) is 1.43. The van der Waals surface area contributed by atoms with Crippen LogP contribution in [0.4, 0.5) is 16.4 Å². The number of urea groups is 1. The van der Waals surface area contributed by atoms with Gasteiger partial charge in [0, 0.05) is 19.6 Å². The third-order valence-electron chi connectivity index (χ3n) is 2.07. The van der Waals surface area contributed by atoms with Gasteiger partial charge in [-0.15, -0.1) is 0 Å². The van der Waals surface area contributed by atoms with Gasteiger partial charge < -0.3 is 26.4 Å². The highest BCUT2D eigenvalue weighted by molar-refractivity contribution is 5.71. The second-order valence-electron chi connectivity index (χ2n) is 3.35. The lowest BCUT2D eigenvalue weighted by atomic mass is 10.4. The Labute approximate surface area is 105 Å². The van der Waals surface area contributed by atoms with Crippen LogP contribution in [0.25, 0.3) is 0 Å². The van der Waals surface area contributed by atoms with Crippen LogP contribution in [0.5, 0.6) is 5.75 Å². The fourth-order valence-corrected chi connectivity index (χ4v) is 1.35. The highest BCUT2D eigenvalue weighted by Gasteiger charge is 2.10. The molecule has 2 amide bonds. The molecule has 1 aromatic rings. The van der Waals surface area contributed by atoms with E-state index in [9.17, 15) is 4.79 Å². The quantitative estimate of drug-likeness (QED) is 0.509. The van der Waals surface area contributed by atoms with Crippen molar-refractivity contribution >= 4 is 17.7 Å². The lowest BCUT2D eigenvalue weighted by molar-refractivity contribution is 0.249. The number of rotatable bonds is 7. The van der Waals surface area contributed by atoms with Gasteiger partial charge >= 0.3 is 6.03 Å². The third-order valence-corrected chi connectivity index (χ3v) is 2.07. The number of nitrogens with one attached hydrogen (secondary N) is 3. The molecule has 0 aliphatic carbocycles. The monoisotopic (exact) mass is 254 g/mol. The van der Waals surface area contributed by atoms with Gasteiger partial charge in [0.15, 0.2) is 11.6 Å². The van der Waals surface area contributed by atoms with Crippen LogP contribution in [0.15, 0.2) is 6.33 Å². The first-order valence-electron chi connectivity index (χ1n) is 5.59. The second-order valence-corrected chi connectivity index (χ2v) is 3.35. The van der Waals surface area contributed by atoms with E-state index in [0.29, 0.717) is 30.5 Å². The number of primary amides is 1. The predicted molar refractivity (Wildman–Crippen MR) is 68.8 cm³/mol. The normalized spacial score (nSPS) is 9.67. The van der Waals surface area contributed by atoms with Gasteiger partial charge in [0.1, 0.15) is 6.33 Å². The minimum absolute atomic E-state index is 0.402. The van der Waals surface area contributed by atoms with Crippen molar-refractivity contribution in [2.75, 3.05) is 37.4 Å². The van der Waals surface area contributed by atoms with Crippen LogP contribution in [-0.4, -0.2) is 42.7 Å². The number of ether oxygens (including phenoxy) is 1. The number of hydrogen-bond donors (Lipinski definition) is 4. The van der Waals surface area contributed by atoms with Gasteiger partial charge in [-0.3, -0.25) is 0 Å². The summed E-state index contributed by atoms with van der Waals surface area (Å²) in [5, 5.41) is 8.57. The van der Waals surface area contributed by atoms with Crippen molar-refractivity contribution in [2.45, 2.75) is 6.92 Å².